The highest BCUT2D eigenvalue weighted by Gasteiger charge is 2.78. The van der Waals surface area contributed by atoms with Gasteiger partial charge in [0.15, 0.2) is 0 Å². The predicted octanol–water partition coefficient (Wildman–Crippen LogP) is 19.9. The van der Waals surface area contributed by atoms with Crippen molar-refractivity contribution in [2.45, 2.75) is 290 Å². The fourth-order valence-corrected chi connectivity index (χ4v) is 25.9. The number of fused-ring (bicyclic) bond motifs is 15. The molecule has 12 aliphatic rings. The number of hydrogen-bond acceptors (Lipinski definition) is 6. The van der Waals surface area contributed by atoms with E-state index in [1.165, 1.54) is 21.1 Å². The van der Waals surface area contributed by atoms with Gasteiger partial charge in [-0.1, -0.05) is 62.3 Å². The fraction of sp³-hybridized carbons (Fsp3) is 0.959. The number of rotatable bonds is 12. The minimum Gasteiger partial charge on any atom is -0.481 e. The van der Waals surface area contributed by atoms with Crippen molar-refractivity contribution < 1.29 is 86.8 Å². The van der Waals surface area contributed by atoms with Crippen molar-refractivity contribution in [2.24, 2.45) is 139 Å². The lowest BCUT2D eigenvalue weighted by Gasteiger charge is -2.64. The molecule has 2 N–H and O–H groups in total. The van der Waals surface area contributed by atoms with E-state index in [0.717, 1.165) is 32.1 Å². The first-order valence-electron chi connectivity index (χ1n) is 36.3. The molecule has 0 bridgehead atoms. The molecule has 0 saturated heterocycles. The van der Waals surface area contributed by atoms with Gasteiger partial charge in [-0.3, -0.25) is 14.4 Å². The summed E-state index contributed by atoms with van der Waals surface area (Å²) in [4.78, 5) is 34.2. The Labute approximate surface area is 546 Å². The number of halogens is 12. The SMILES string of the molecule is COC(=O)CC[C@@H](C)C1CC[C@H]2[C@H]3[C@H](CC(F)(F)[C@]12C)[C@@]1(C)CC[C@@H](O)C[C@H]1CC3(F)F.COC(=O)CC[C@@H](C)C1CC[C@H]2[C@H]3[C@H](CC(F)(F)[C@]12C)[C@@]1(C)CC[C@H](F)C[C@H]1CC3(F)F.C[C@H](CCC(=O)O)C1CC[C@H]2[C@@H]3CC[C@@H]4C[C@@H](F)CC[C@]4(C)[C@H]3CC(F)(F)[C@]12C. The largest absolute Gasteiger partial charge is 0.481 e. The van der Waals surface area contributed by atoms with Gasteiger partial charge < -0.3 is 19.7 Å². The quantitative estimate of drug-likeness (QED) is 0.148. The second-order valence-electron chi connectivity index (χ2n) is 34.9. The Bertz CT molecular complexity index is 2580. The number of aliphatic carboxylic acids is 1. The third-order valence-electron chi connectivity index (χ3n) is 31.3. The maximum absolute atomic E-state index is 16.1. The van der Waals surface area contributed by atoms with Crippen molar-refractivity contribution in [1.29, 1.82) is 0 Å². The number of methoxy groups -OCH3 is 2. The summed E-state index contributed by atoms with van der Waals surface area (Å²) < 4.78 is 196. The molecule has 534 valence electrons. The van der Waals surface area contributed by atoms with E-state index < -0.39 is 153 Å². The van der Waals surface area contributed by atoms with Crippen molar-refractivity contribution in [2.75, 3.05) is 14.2 Å². The van der Waals surface area contributed by atoms with E-state index in [4.69, 9.17) is 9.84 Å². The molecular formula is C74H112F12O7. The molecule has 12 aliphatic carbocycles. The molecule has 0 aliphatic heterocycles. The number of aliphatic hydroxyl groups excluding tert-OH is 1. The van der Waals surface area contributed by atoms with Crippen LogP contribution >= 0.6 is 0 Å². The van der Waals surface area contributed by atoms with Crippen molar-refractivity contribution in [1.82, 2.24) is 0 Å². The summed E-state index contributed by atoms with van der Waals surface area (Å²) in [6.07, 6.45) is 6.63. The molecule has 0 amide bonds. The molecule has 12 rings (SSSR count). The Morgan fingerprint density at radius 3 is 1.20 bits per heavy atom. The van der Waals surface area contributed by atoms with Crippen LogP contribution in [-0.4, -0.2) is 90.4 Å². The lowest BCUT2D eigenvalue weighted by atomic mass is 9.42. The number of alkyl halides is 12. The molecule has 0 aromatic heterocycles. The van der Waals surface area contributed by atoms with Gasteiger partial charge in [0.2, 0.25) is 0 Å². The van der Waals surface area contributed by atoms with Gasteiger partial charge in [-0.25, -0.2) is 52.7 Å². The normalized spacial score (nSPS) is 48.3. The first-order chi connectivity index (χ1) is 43.1. The van der Waals surface area contributed by atoms with E-state index in [0.29, 0.717) is 83.0 Å². The van der Waals surface area contributed by atoms with Gasteiger partial charge >= 0.3 is 17.9 Å². The minimum absolute atomic E-state index is 0.00238. The number of carbonyl (C=O) groups excluding carboxylic acids is 2. The van der Waals surface area contributed by atoms with Crippen molar-refractivity contribution >= 4 is 17.9 Å². The second kappa shape index (κ2) is 25.6. The van der Waals surface area contributed by atoms with E-state index in [1.54, 1.807) is 6.92 Å². The summed E-state index contributed by atoms with van der Waals surface area (Å²) in [5.41, 5.74) is -5.44. The minimum atomic E-state index is -3.08. The second-order valence-corrected chi connectivity index (χ2v) is 34.9. The van der Waals surface area contributed by atoms with Gasteiger partial charge in [-0.2, -0.15) is 0 Å². The Hall–Kier alpha value is -2.47. The highest BCUT2D eigenvalue weighted by atomic mass is 19.3. The number of carboxylic acids is 1. The monoisotopic (exact) mass is 1340 g/mol. The first-order valence-corrected chi connectivity index (χ1v) is 36.3. The molecule has 0 radical (unpaired) electrons. The smallest absolute Gasteiger partial charge is 0.305 e. The molecule has 3 unspecified atom stereocenters. The summed E-state index contributed by atoms with van der Waals surface area (Å²) in [5, 5.41) is 19.1. The maximum atomic E-state index is 16.1. The molecule has 27 atom stereocenters. The number of ether oxygens (including phenoxy) is 2. The van der Waals surface area contributed by atoms with Crippen molar-refractivity contribution in [3.05, 3.63) is 0 Å². The van der Waals surface area contributed by atoms with Crippen LogP contribution in [0.15, 0.2) is 0 Å². The molecule has 0 heterocycles. The van der Waals surface area contributed by atoms with Gasteiger partial charge in [0, 0.05) is 79.4 Å². The summed E-state index contributed by atoms with van der Waals surface area (Å²) >= 11 is 0. The van der Waals surface area contributed by atoms with Crippen LogP contribution in [0.25, 0.3) is 0 Å². The molecule has 7 nitrogen and oxygen atoms in total. The van der Waals surface area contributed by atoms with Gasteiger partial charge in [0.25, 0.3) is 29.6 Å². The maximum Gasteiger partial charge on any atom is 0.305 e. The summed E-state index contributed by atoms with van der Waals surface area (Å²) in [5.74, 6) is -23.4. The van der Waals surface area contributed by atoms with Crippen molar-refractivity contribution in [3.63, 3.8) is 0 Å². The van der Waals surface area contributed by atoms with E-state index in [-0.39, 0.29) is 117 Å². The fourth-order valence-electron chi connectivity index (χ4n) is 25.9. The van der Waals surface area contributed by atoms with E-state index >= 15 is 43.9 Å². The van der Waals surface area contributed by atoms with Crippen LogP contribution in [0, 0.1) is 139 Å². The Kier molecular flexibility index (Phi) is 20.2. The first kappa shape index (κ1) is 73.3. The zero-order valence-electron chi connectivity index (χ0n) is 57.4. The lowest BCUT2D eigenvalue weighted by molar-refractivity contribution is -0.296. The van der Waals surface area contributed by atoms with Crippen LogP contribution in [-0.2, 0) is 23.9 Å². The van der Waals surface area contributed by atoms with Crippen molar-refractivity contribution in [3.8, 4) is 0 Å². The highest BCUT2D eigenvalue weighted by Crippen LogP contribution is 2.78. The third-order valence-corrected chi connectivity index (χ3v) is 31.3. The molecular weight excluding hydrogens is 1230 g/mol. The van der Waals surface area contributed by atoms with Crippen LogP contribution < -0.4 is 0 Å². The zero-order chi connectivity index (χ0) is 68.6. The summed E-state index contributed by atoms with van der Waals surface area (Å²) in [6.45, 7) is 16.6. The molecule has 12 fully saturated rings. The average molecular weight is 1340 g/mol. The molecule has 93 heavy (non-hydrogen) atoms. The Balaban J connectivity index is 0.000000153. The lowest BCUT2D eigenvalue weighted by Crippen LogP contribution is -2.66. The molecule has 0 aromatic rings. The number of esters is 2. The highest BCUT2D eigenvalue weighted by molar-refractivity contribution is 5.69. The zero-order valence-corrected chi connectivity index (χ0v) is 57.4. The van der Waals surface area contributed by atoms with E-state index in [1.807, 2.05) is 41.5 Å². The number of aliphatic hydroxyl groups is 1. The molecule has 12 saturated carbocycles. The van der Waals surface area contributed by atoms with Gasteiger partial charge in [0.1, 0.15) is 12.3 Å². The predicted molar refractivity (Wildman–Crippen MR) is 330 cm³/mol. The average Bonchev–Trinajstić information content (AvgIpc) is 1.69. The van der Waals surface area contributed by atoms with Crippen LogP contribution in [0.1, 0.15) is 242 Å². The Morgan fingerprint density at radius 2 is 0.785 bits per heavy atom. The van der Waals surface area contributed by atoms with E-state index in [2.05, 4.69) is 11.7 Å². The molecule has 0 aromatic carbocycles. The summed E-state index contributed by atoms with van der Waals surface area (Å²) in [7, 11) is 2.60. The number of hydrogen-bond donors (Lipinski definition) is 2. The topological polar surface area (TPSA) is 110 Å². The van der Waals surface area contributed by atoms with Gasteiger partial charge in [-0.15, -0.1) is 0 Å². The van der Waals surface area contributed by atoms with Crippen LogP contribution in [0.5, 0.6) is 0 Å². The molecule has 0 spiro atoms. The third kappa shape index (κ3) is 12.1. The van der Waals surface area contributed by atoms with Gasteiger partial charge in [-0.05, 0) is 239 Å². The van der Waals surface area contributed by atoms with Crippen LogP contribution in [0.4, 0.5) is 52.7 Å². The van der Waals surface area contributed by atoms with Gasteiger partial charge in [0.05, 0.1) is 20.3 Å². The van der Waals surface area contributed by atoms with Crippen LogP contribution in [0.3, 0.4) is 0 Å². The molecule has 19 heteroatoms. The standard InChI is InChI=1S/C25H37F5O2.C25H38F4O3.C24H37F3O2/c1-14(5-8-20(31)32-4)17-6-7-18-21-19(13-25(29,30)23(17,18)3)22(2)10-9-16(26)11-15(22)12-24(21,27)28;1-14(5-8-20(31)32-4)17-6-7-18-21-19(13-25(28,29)23(17,18)3)22(2)10-9-16(30)11-15(22)12-24(21,26)27;1-14(4-9-21(28)29)18-7-8-19-17-6-5-15-12-16(25)10-11-22(15,2)20(17)13-24(26,27)23(18,19)3/h14-19,21H,5-13H2,1-4H3;14-19,21,30H,5-13H2,1-4H3;14-20H,4-13H2,1-3H3,(H,28,29)/t14-,15+,16+,17?,18+,19+,21+,22+,23-;14-,15+,16-,17?,18+,19+,21+,22+,23-;14-,15-,16+,17+,18?,19+,20+,22+,23-/m111/s1. The van der Waals surface area contributed by atoms with E-state index in [9.17, 15) is 28.3 Å². The summed E-state index contributed by atoms with van der Waals surface area (Å²) in [6, 6.07) is 0. The van der Waals surface area contributed by atoms with Crippen LogP contribution in [0.2, 0.25) is 0 Å². The Morgan fingerprint density at radius 1 is 0.430 bits per heavy atom. The number of carbonyl (C=O) groups is 3. The number of carboxylic acid groups (broad SMARTS) is 1.